The number of rotatable bonds is 3. The Morgan fingerprint density at radius 3 is 2.82 bits per heavy atom. The summed E-state index contributed by atoms with van der Waals surface area (Å²) in [6, 6.07) is 0. The van der Waals surface area contributed by atoms with E-state index in [1.54, 1.807) is 10.1 Å². The molecule has 5 nitrogen and oxygen atoms in total. The van der Waals surface area contributed by atoms with E-state index >= 15 is 0 Å². The van der Waals surface area contributed by atoms with E-state index in [0.29, 0.717) is 15.8 Å². The van der Waals surface area contributed by atoms with Crippen molar-refractivity contribution in [3.05, 3.63) is 27.5 Å². The van der Waals surface area contributed by atoms with Gasteiger partial charge in [-0.25, -0.2) is 9.67 Å². The zero-order valence-corrected chi connectivity index (χ0v) is 10.8. The lowest BCUT2D eigenvalue weighted by molar-refractivity contribution is -0.136. The highest BCUT2D eigenvalue weighted by molar-refractivity contribution is 7.12. The summed E-state index contributed by atoms with van der Waals surface area (Å²) in [7, 11) is 0. The molecule has 0 fully saturated rings. The monoisotopic (exact) mass is 271 g/mol. The van der Waals surface area contributed by atoms with Gasteiger partial charge in [0, 0.05) is 5.38 Å². The second-order valence-corrected chi connectivity index (χ2v) is 4.80. The van der Waals surface area contributed by atoms with Crippen molar-refractivity contribution < 1.29 is 9.90 Å². The lowest BCUT2D eigenvalue weighted by atomic mass is 10.3. The molecule has 0 aliphatic rings. The summed E-state index contributed by atoms with van der Waals surface area (Å²) < 4.78 is 1.63. The highest BCUT2D eigenvalue weighted by Gasteiger charge is 2.14. The fourth-order valence-corrected chi connectivity index (χ4v) is 2.38. The van der Waals surface area contributed by atoms with Gasteiger partial charge in [0.1, 0.15) is 0 Å². The minimum atomic E-state index is -0.895. The SMILES string of the molecule is Cc1nn(-c2nc(CC(=O)O)cs2)c(C)c1Cl. The Morgan fingerprint density at radius 2 is 2.29 bits per heavy atom. The first-order chi connectivity index (χ1) is 7.99. The molecule has 0 aromatic carbocycles. The summed E-state index contributed by atoms with van der Waals surface area (Å²) in [5, 5.41) is 15.9. The lowest BCUT2D eigenvalue weighted by Crippen LogP contribution is -2.02. The van der Waals surface area contributed by atoms with Crippen molar-refractivity contribution in [3.8, 4) is 5.13 Å². The largest absolute Gasteiger partial charge is 0.481 e. The molecule has 1 N–H and O–H groups in total. The molecular formula is C10H10ClN3O2S. The number of nitrogens with zero attached hydrogens (tertiary/aromatic N) is 3. The molecule has 0 aliphatic carbocycles. The Kier molecular flexibility index (Phi) is 3.17. The molecule has 2 rings (SSSR count). The van der Waals surface area contributed by atoms with Gasteiger partial charge in [0.2, 0.25) is 5.13 Å². The van der Waals surface area contributed by atoms with Crippen LogP contribution < -0.4 is 0 Å². The quantitative estimate of drug-likeness (QED) is 0.929. The van der Waals surface area contributed by atoms with Crippen LogP contribution in [0.25, 0.3) is 5.13 Å². The number of aryl methyl sites for hydroxylation is 1. The summed E-state index contributed by atoms with van der Waals surface area (Å²) in [5.41, 5.74) is 2.07. The lowest BCUT2D eigenvalue weighted by Gasteiger charge is -1.97. The van der Waals surface area contributed by atoms with Crippen LogP contribution in [0.15, 0.2) is 5.38 Å². The molecule has 0 amide bonds. The van der Waals surface area contributed by atoms with Crippen LogP contribution >= 0.6 is 22.9 Å². The first-order valence-electron chi connectivity index (χ1n) is 4.87. The van der Waals surface area contributed by atoms with E-state index in [1.807, 2.05) is 13.8 Å². The molecule has 90 valence electrons. The van der Waals surface area contributed by atoms with Gasteiger partial charge in [0.15, 0.2) is 0 Å². The molecule has 0 radical (unpaired) electrons. The minimum absolute atomic E-state index is 0.0798. The Labute approximate surface area is 107 Å². The van der Waals surface area contributed by atoms with Gasteiger partial charge in [-0.05, 0) is 13.8 Å². The molecule has 7 heteroatoms. The zero-order chi connectivity index (χ0) is 12.6. The normalized spacial score (nSPS) is 10.8. The molecule has 2 aromatic heterocycles. The Bertz CT molecular complexity index is 576. The maximum atomic E-state index is 10.6. The summed E-state index contributed by atoms with van der Waals surface area (Å²) in [6.45, 7) is 3.66. The van der Waals surface area contributed by atoms with Crippen LogP contribution in [0.3, 0.4) is 0 Å². The van der Waals surface area contributed by atoms with E-state index in [2.05, 4.69) is 10.1 Å². The van der Waals surface area contributed by atoms with E-state index in [-0.39, 0.29) is 6.42 Å². The Morgan fingerprint density at radius 1 is 1.59 bits per heavy atom. The van der Waals surface area contributed by atoms with Crippen LogP contribution in [0.5, 0.6) is 0 Å². The second kappa shape index (κ2) is 4.46. The van der Waals surface area contributed by atoms with Gasteiger partial charge >= 0.3 is 5.97 Å². The molecule has 0 saturated heterocycles. The van der Waals surface area contributed by atoms with Crippen molar-refractivity contribution in [1.82, 2.24) is 14.8 Å². The number of hydrogen-bond donors (Lipinski definition) is 1. The van der Waals surface area contributed by atoms with Gasteiger partial charge in [-0.1, -0.05) is 11.6 Å². The summed E-state index contributed by atoms with van der Waals surface area (Å²) >= 11 is 7.39. The van der Waals surface area contributed by atoms with E-state index in [1.165, 1.54) is 11.3 Å². The van der Waals surface area contributed by atoms with Crippen molar-refractivity contribution in [2.45, 2.75) is 20.3 Å². The number of hydrogen-bond acceptors (Lipinski definition) is 4. The zero-order valence-electron chi connectivity index (χ0n) is 9.27. The molecule has 0 saturated carbocycles. The third kappa shape index (κ3) is 2.32. The van der Waals surface area contributed by atoms with Crippen LogP contribution in [0, 0.1) is 13.8 Å². The molecule has 0 aliphatic heterocycles. The number of halogens is 1. The van der Waals surface area contributed by atoms with Crippen molar-refractivity contribution >= 4 is 28.9 Å². The van der Waals surface area contributed by atoms with Gasteiger partial charge in [-0.15, -0.1) is 11.3 Å². The Balaban J connectivity index is 2.37. The molecule has 0 atom stereocenters. The third-order valence-corrected chi connectivity index (χ3v) is 3.67. The first kappa shape index (κ1) is 12.1. The van der Waals surface area contributed by atoms with Gasteiger partial charge < -0.3 is 5.11 Å². The van der Waals surface area contributed by atoms with Crippen LogP contribution in [-0.4, -0.2) is 25.8 Å². The summed E-state index contributed by atoms with van der Waals surface area (Å²) in [6.07, 6.45) is -0.0798. The number of carboxylic acids is 1. The van der Waals surface area contributed by atoms with Crippen molar-refractivity contribution in [2.75, 3.05) is 0 Å². The van der Waals surface area contributed by atoms with Crippen molar-refractivity contribution in [1.29, 1.82) is 0 Å². The summed E-state index contributed by atoms with van der Waals surface area (Å²) in [5.74, 6) is -0.895. The number of carbonyl (C=O) groups is 1. The maximum absolute atomic E-state index is 10.6. The average Bonchev–Trinajstić information content (AvgIpc) is 2.78. The van der Waals surface area contributed by atoms with E-state index in [0.717, 1.165) is 11.4 Å². The fourth-order valence-electron chi connectivity index (χ4n) is 1.44. The van der Waals surface area contributed by atoms with Crippen LogP contribution in [0.2, 0.25) is 5.02 Å². The van der Waals surface area contributed by atoms with E-state index in [4.69, 9.17) is 16.7 Å². The number of carboxylic acid groups (broad SMARTS) is 1. The second-order valence-electron chi connectivity index (χ2n) is 3.59. The Hall–Kier alpha value is -1.40. The minimum Gasteiger partial charge on any atom is -0.481 e. The molecule has 0 bridgehead atoms. The predicted molar refractivity (Wildman–Crippen MR) is 65.1 cm³/mol. The van der Waals surface area contributed by atoms with Crippen LogP contribution in [0.4, 0.5) is 0 Å². The van der Waals surface area contributed by atoms with Gasteiger partial charge in [0.25, 0.3) is 0 Å². The molecule has 17 heavy (non-hydrogen) atoms. The highest BCUT2D eigenvalue weighted by Crippen LogP contribution is 2.24. The standard InChI is InChI=1S/C10H10ClN3O2S/c1-5-9(11)6(2)14(13-5)10-12-7(4-17-10)3-8(15)16/h4H,3H2,1-2H3,(H,15,16). The number of aromatic nitrogens is 3. The molecule has 0 unspecified atom stereocenters. The number of aliphatic carboxylic acids is 1. The van der Waals surface area contributed by atoms with Crippen molar-refractivity contribution in [2.24, 2.45) is 0 Å². The topological polar surface area (TPSA) is 68.0 Å². The average molecular weight is 272 g/mol. The van der Waals surface area contributed by atoms with E-state index in [9.17, 15) is 4.79 Å². The smallest absolute Gasteiger partial charge is 0.309 e. The predicted octanol–water partition coefficient (Wildman–Crippen LogP) is 2.23. The van der Waals surface area contributed by atoms with Crippen LogP contribution in [-0.2, 0) is 11.2 Å². The maximum Gasteiger partial charge on any atom is 0.309 e. The first-order valence-corrected chi connectivity index (χ1v) is 6.13. The van der Waals surface area contributed by atoms with Crippen LogP contribution in [0.1, 0.15) is 17.1 Å². The van der Waals surface area contributed by atoms with Crippen molar-refractivity contribution in [3.63, 3.8) is 0 Å². The molecule has 2 heterocycles. The summed E-state index contributed by atoms with van der Waals surface area (Å²) in [4.78, 5) is 14.8. The van der Waals surface area contributed by atoms with E-state index < -0.39 is 5.97 Å². The third-order valence-electron chi connectivity index (χ3n) is 2.26. The fraction of sp³-hybridized carbons (Fsp3) is 0.300. The molecular weight excluding hydrogens is 262 g/mol. The van der Waals surface area contributed by atoms with Gasteiger partial charge in [-0.2, -0.15) is 5.10 Å². The van der Waals surface area contributed by atoms with Gasteiger partial charge in [-0.3, -0.25) is 4.79 Å². The van der Waals surface area contributed by atoms with Gasteiger partial charge in [0.05, 0.1) is 28.5 Å². The number of thiazole rings is 1. The highest BCUT2D eigenvalue weighted by atomic mass is 35.5. The molecule has 2 aromatic rings. The molecule has 0 spiro atoms.